The number of amides is 2. The van der Waals surface area contributed by atoms with Crippen LogP contribution in [0, 0.1) is 23.7 Å². The highest BCUT2D eigenvalue weighted by molar-refractivity contribution is 6.32. The fourth-order valence-electron chi connectivity index (χ4n) is 6.60. The number of pyridine rings is 1. The average molecular weight is 549 g/mol. The van der Waals surface area contributed by atoms with Gasteiger partial charge in [0.15, 0.2) is 34.7 Å². The molecule has 1 aromatic heterocycles. The lowest BCUT2D eigenvalue weighted by molar-refractivity contribution is -0.181. The molecule has 3 aliphatic rings. The number of primary amides is 1. The summed E-state index contributed by atoms with van der Waals surface area (Å²) in [5.74, 6) is -11.5. The number of carbonyl (C=O) groups excluding carboxylic acids is 6. The topological polar surface area (TPSA) is 197 Å². The Morgan fingerprint density at radius 3 is 2.48 bits per heavy atom. The van der Waals surface area contributed by atoms with Crippen molar-refractivity contribution < 1.29 is 39.0 Å². The predicted molar refractivity (Wildman–Crippen MR) is 137 cm³/mol. The quantitative estimate of drug-likeness (QED) is 0.343. The second-order valence-corrected chi connectivity index (χ2v) is 10.8. The Balaban J connectivity index is 1.53. The second kappa shape index (κ2) is 9.72. The van der Waals surface area contributed by atoms with Gasteiger partial charge in [0.05, 0.1) is 17.5 Å². The number of ketones is 4. The van der Waals surface area contributed by atoms with Crippen molar-refractivity contribution in [1.29, 1.82) is 0 Å². The van der Waals surface area contributed by atoms with Gasteiger partial charge < -0.3 is 21.3 Å². The lowest BCUT2D eigenvalue weighted by Gasteiger charge is -2.52. The first kappa shape index (κ1) is 27.3. The maximum Gasteiger partial charge on any atom is 0.270 e. The molecule has 0 spiro atoms. The largest absolute Gasteiger partial charge is 0.507 e. The Labute approximate surface area is 228 Å². The molecule has 5 N–H and O–H groups in total. The van der Waals surface area contributed by atoms with E-state index in [2.05, 4.69) is 10.3 Å². The second-order valence-electron chi connectivity index (χ2n) is 10.8. The molecule has 208 valence electrons. The lowest BCUT2D eigenvalue weighted by atomic mass is 9.52. The van der Waals surface area contributed by atoms with Crippen LogP contribution >= 0.6 is 0 Å². The monoisotopic (exact) mass is 548 g/mol. The van der Waals surface area contributed by atoms with Gasteiger partial charge in [0.25, 0.3) is 5.91 Å². The molecule has 6 atom stereocenters. The first-order valence-electron chi connectivity index (χ1n) is 12.8. The standard InChI is InChI=1S/C28H28N4O8/c1-32(2)21-15-10-13-9-14-12(11-31-27(39)16-5-3-4-8-30-16)6-7-17(33)19(14)22(34)18(13)24(36)28(15,40)25(37)20(23(21)35)26(29)38/h3-8,13,15,18,20-21,33,40H,9-11H2,1-2H3,(H2,29,38)(H,31,39)/t13-,15-,18?,20?,21-,28-/m0/s1. The van der Waals surface area contributed by atoms with Crippen LogP contribution in [-0.4, -0.2) is 80.8 Å². The van der Waals surface area contributed by atoms with Gasteiger partial charge in [0.2, 0.25) is 5.91 Å². The highest BCUT2D eigenvalue weighted by Gasteiger charge is 2.69. The van der Waals surface area contributed by atoms with Crippen molar-refractivity contribution in [2.24, 2.45) is 29.4 Å². The van der Waals surface area contributed by atoms with Crippen molar-refractivity contribution in [3.05, 3.63) is 58.9 Å². The van der Waals surface area contributed by atoms with Gasteiger partial charge in [0.1, 0.15) is 11.4 Å². The third-order valence-electron chi connectivity index (χ3n) is 8.38. The molecule has 1 heterocycles. The summed E-state index contributed by atoms with van der Waals surface area (Å²) in [5, 5.41) is 25.0. The summed E-state index contributed by atoms with van der Waals surface area (Å²) in [6.07, 6.45) is 1.53. The van der Waals surface area contributed by atoms with Crippen LogP contribution in [-0.2, 0) is 32.1 Å². The van der Waals surface area contributed by atoms with Crippen LogP contribution in [0.5, 0.6) is 5.75 Å². The number of rotatable bonds is 5. The SMILES string of the molecule is CN(C)[C@@H]1C(=O)C(C(N)=O)C(=O)[C@@]2(O)C(=O)C3C(=O)c4c(O)ccc(CNC(=O)c5ccccn5)c4C[C@H]3C[C@@H]12. The number of Topliss-reactive ketones (excluding diaryl/α,β-unsaturated/α-hetero) is 4. The van der Waals surface area contributed by atoms with E-state index in [1.165, 1.54) is 31.3 Å². The van der Waals surface area contributed by atoms with Gasteiger partial charge in [0, 0.05) is 18.7 Å². The molecule has 0 bridgehead atoms. The van der Waals surface area contributed by atoms with E-state index in [1.54, 1.807) is 24.3 Å². The molecule has 2 saturated carbocycles. The van der Waals surface area contributed by atoms with Gasteiger partial charge in [-0.3, -0.25) is 38.7 Å². The summed E-state index contributed by atoms with van der Waals surface area (Å²) in [6, 6.07) is 6.54. The number of nitrogens with zero attached hydrogens (tertiary/aromatic N) is 2. The Morgan fingerprint density at radius 1 is 1.12 bits per heavy atom. The van der Waals surface area contributed by atoms with Gasteiger partial charge >= 0.3 is 0 Å². The summed E-state index contributed by atoms with van der Waals surface area (Å²) in [7, 11) is 3.05. The zero-order valence-corrected chi connectivity index (χ0v) is 21.8. The van der Waals surface area contributed by atoms with Crippen LogP contribution in [0.2, 0.25) is 0 Å². The lowest BCUT2D eigenvalue weighted by Crippen LogP contribution is -2.74. The number of aromatic nitrogens is 1. The molecule has 2 fully saturated rings. The number of aliphatic hydroxyl groups is 1. The Hall–Kier alpha value is -4.29. The highest BCUT2D eigenvalue weighted by atomic mass is 16.3. The molecular weight excluding hydrogens is 520 g/mol. The molecule has 12 heteroatoms. The third-order valence-corrected chi connectivity index (χ3v) is 8.38. The van der Waals surface area contributed by atoms with E-state index in [4.69, 9.17) is 5.73 Å². The van der Waals surface area contributed by atoms with Gasteiger partial charge in [-0.2, -0.15) is 0 Å². The number of fused-ring (bicyclic) bond motifs is 3. The minimum absolute atomic E-state index is 0.00157. The number of carbonyl (C=O) groups is 6. The van der Waals surface area contributed by atoms with Gasteiger partial charge in [-0.15, -0.1) is 0 Å². The van der Waals surface area contributed by atoms with Crippen molar-refractivity contribution in [3.8, 4) is 5.75 Å². The zero-order valence-electron chi connectivity index (χ0n) is 21.8. The summed E-state index contributed by atoms with van der Waals surface area (Å²) >= 11 is 0. The first-order chi connectivity index (χ1) is 18.9. The predicted octanol–water partition coefficient (Wildman–Crippen LogP) is -0.808. The maximum atomic E-state index is 13.8. The van der Waals surface area contributed by atoms with Crippen molar-refractivity contribution in [2.75, 3.05) is 14.1 Å². The van der Waals surface area contributed by atoms with E-state index in [1.807, 2.05) is 0 Å². The Bertz CT molecular complexity index is 1470. The van der Waals surface area contributed by atoms with Crippen LogP contribution in [0.3, 0.4) is 0 Å². The molecule has 1 aromatic carbocycles. The molecule has 2 amide bonds. The molecule has 0 radical (unpaired) electrons. The molecule has 40 heavy (non-hydrogen) atoms. The normalized spacial score (nSPS) is 29.4. The number of aromatic hydroxyl groups is 1. The summed E-state index contributed by atoms with van der Waals surface area (Å²) < 4.78 is 0. The van der Waals surface area contributed by atoms with Crippen LogP contribution in [0.15, 0.2) is 36.5 Å². The van der Waals surface area contributed by atoms with Crippen LogP contribution in [0.25, 0.3) is 0 Å². The van der Waals surface area contributed by atoms with Gasteiger partial charge in [-0.05, 0) is 62.2 Å². The van der Waals surface area contributed by atoms with Crippen LogP contribution < -0.4 is 11.1 Å². The molecule has 2 aromatic rings. The smallest absolute Gasteiger partial charge is 0.270 e. The molecule has 2 unspecified atom stereocenters. The van der Waals surface area contributed by atoms with E-state index in [-0.39, 0.29) is 36.4 Å². The number of nitrogens with one attached hydrogen (secondary N) is 1. The number of phenols is 1. The molecule has 12 nitrogen and oxygen atoms in total. The number of nitrogens with two attached hydrogens (primary N) is 1. The van der Waals surface area contributed by atoms with E-state index < -0.39 is 70.3 Å². The summed E-state index contributed by atoms with van der Waals surface area (Å²) in [4.78, 5) is 84.1. The van der Waals surface area contributed by atoms with Crippen molar-refractivity contribution in [3.63, 3.8) is 0 Å². The number of phenolic OH excluding ortho intramolecular Hbond substituents is 1. The fraction of sp³-hybridized carbons (Fsp3) is 0.393. The Morgan fingerprint density at radius 2 is 1.85 bits per heavy atom. The number of likely N-dealkylation sites (N-methyl/N-ethyl adjacent to an activating group) is 1. The maximum absolute atomic E-state index is 13.8. The summed E-state index contributed by atoms with van der Waals surface area (Å²) in [6.45, 7) is 0.00157. The Kier molecular flexibility index (Phi) is 6.63. The van der Waals surface area contributed by atoms with Crippen LogP contribution in [0.4, 0.5) is 0 Å². The van der Waals surface area contributed by atoms with Gasteiger partial charge in [-0.25, -0.2) is 0 Å². The van der Waals surface area contributed by atoms with E-state index in [9.17, 15) is 39.0 Å². The number of hydrogen-bond donors (Lipinski definition) is 4. The van der Waals surface area contributed by atoms with Gasteiger partial charge in [-0.1, -0.05) is 12.1 Å². The van der Waals surface area contributed by atoms with E-state index >= 15 is 0 Å². The van der Waals surface area contributed by atoms with Crippen molar-refractivity contribution in [2.45, 2.75) is 31.0 Å². The number of hydrogen-bond acceptors (Lipinski definition) is 10. The van der Waals surface area contributed by atoms with E-state index in [0.29, 0.717) is 11.1 Å². The summed E-state index contributed by atoms with van der Waals surface area (Å²) in [5.41, 5.74) is 3.57. The average Bonchev–Trinajstić information content (AvgIpc) is 2.90. The van der Waals surface area contributed by atoms with Crippen molar-refractivity contribution in [1.82, 2.24) is 15.2 Å². The van der Waals surface area contributed by atoms with Crippen LogP contribution in [0.1, 0.15) is 38.4 Å². The fourth-order valence-corrected chi connectivity index (χ4v) is 6.60. The minimum Gasteiger partial charge on any atom is -0.507 e. The highest BCUT2D eigenvalue weighted by Crippen LogP contribution is 2.51. The molecule has 3 aliphatic carbocycles. The third kappa shape index (κ3) is 3.94. The first-order valence-corrected chi connectivity index (χ1v) is 12.8. The van der Waals surface area contributed by atoms with Crippen molar-refractivity contribution >= 4 is 34.9 Å². The molecule has 5 rings (SSSR count). The number of benzene rings is 1. The van der Waals surface area contributed by atoms with E-state index in [0.717, 1.165) is 0 Å². The minimum atomic E-state index is -2.78. The molecule has 0 aliphatic heterocycles. The molecule has 0 saturated heterocycles. The molecular formula is C28H28N4O8. The zero-order chi connectivity index (χ0) is 29.1.